The van der Waals surface area contributed by atoms with Crippen molar-refractivity contribution in [2.45, 2.75) is 31.6 Å². The first-order chi connectivity index (χ1) is 11.9. The molecule has 1 aliphatic rings. The first-order valence-electron chi connectivity index (χ1n) is 8.57. The minimum absolute atomic E-state index is 0.0637. The number of amides is 1. The zero-order chi connectivity index (χ0) is 18.0. The Morgan fingerprint density at radius 1 is 1.16 bits per heavy atom. The largest absolute Gasteiger partial charge is 0.497 e. The molecule has 2 aromatic carbocycles. The Bertz CT molecular complexity index is 749. The van der Waals surface area contributed by atoms with Crippen LogP contribution in [-0.4, -0.2) is 30.2 Å². The van der Waals surface area contributed by atoms with Crippen molar-refractivity contribution in [1.29, 1.82) is 0 Å². The quantitative estimate of drug-likeness (QED) is 0.786. The molecule has 2 aromatic rings. The van der Waals surface area contributed by atoms with Crippen LogP contribution in [0.3, 0.4) is 0 Å². The van der Waals surface area contributed by atoms with Crippen LogP contribution in [0.2, 0.25) is 0 Å². The number of carbonyl (C=O) groups is 1. The van der Waals surface area contributed by atoms with E-state index in [2.05, 4.69) is 45.0 Å². The first kappa shape index (κ1) is 17.9. The van der Waals surface area contributed by atoms with Crippen LogP contribution in [0.25, 0.3) is 0 Å². The van der Waals surface area contributed by atoms with Gasteiger partial charge in [0.05, 0.1) is 7.11 Å². The molecule has 132 valence electrons. The summed E-state index contributed by atoms with van der Waals surface area (Å²) in [6.07, 6.45) is 0. The molecule has 1 unspecified atom stereocenters. The second-order valence-electron chi connectivity index (χ2n) is 7.33. The number of carbonyl (C=O) groups excluding carboxylic acids is 1. The second kappa shape index (κ2) is 7.12. The number of nitrogens with zero attached hydrogens (tertiary/aromatic N) is 1. The van der Waals surface area contributed by atoms with Crippen LogP contribution in [0, 0.1) is 0 Å². The Labute approximate surface area is 154 Å². The van der Waals surface area contributed by atoms with Crippen LogP contribution >= 0.6 is 11.8 Å². The molecule has 0 saturated carbocycles. The van der Waals surface area contributed by atoms with Gasteiger partial charge in [-0.05, 0) is 34.7 Å². The Balaban J connectivity index is 1.83. The van der Waals surface area contributed by atoms with E-state index in [9.17, 15) is 4.79 Å². The van der Waals surface area contributed by atoms with Crippen LogP contribution in [0.15, 0.2) is 48.5 Å². The highest BCUT2D eigenvalue weighted by molar-refractivity contribution is 7.99. The Kier molecular flexibility index (Phi) is 5.09. The van der Waals surface area contributed by atoms with Gasteiger partial charge in [0.2, 0.25) is 0 Å². The van der Waals surface area contributed by atoms with Gasteiger partial charge in [-0.25, -0.2) is 0 Å². The van der Waals surface area contributed by atoms with E-state index in [1.54, 1.807) is 7.11 Å². The summed E-state index contributed by atoms with van der Waals surface area (Å²) in [6.45, 7) is 7.41. The van der Waals surface area contributed by atoms with Crippen LogP contribution in [0.1, 0.15) is 47.6 Å². The lowest BCUT2D eigenvalue weighted by Gasteiger charge is -2.25. The van der Waals surface area contributed by atoms with Crippen molar-refractivity contribution in [1.82, 2.24) is 4.90 Å². The molecule has 0 bridgehead atoms. The summed E-state index contributed by atoms with van der Waals surface area (Å²) >= 11 is 1.82. The number of hydrogen-bond acceptors (Lipinski definition) is 3. The van der Waals surface area contributed by atoms with E-state index in [0.29, 0.717) is 11.3 Å². The molecule has 4 heteroatoms. The normalized spacial score (nSPS) is 17.6. The molecule has 1 fully saturated rings. The number of hydrogen-bond donors (Lipinski definition) is 0. The smallest absolute Gasteiger partial charge is 0.255 e. The van der Waals surface area contributed by atoms with Gasteiger partial charge in [-0.3, -0.25) is 4.79 Å². The maximum Gasteiger partial charge on any atom is 0.255 e. The summed E-state index contributed by atoms with van der Waals surface area (Å²) in [7, 11) is 1.62. The molecule has 0 radical (unpaired) electrons. The van der Waals surface area contributed by atoms with Gasteiger partial charge in [0, 0.05) is 17.9 Å². The van der Waals surface area contributed by atoms with E-state index < -0.39 is 0 Å². The average Bonchev–Trinajstić information content (AvgIpc) is 3.10. The van der Waals surface area contributed by atoms with Gasteiger partial charge >= 0.3 is 0 Å². The maximum atomic E-state index is 13.0. The molecule has 0 aromatic heterocycles. The lowest BCUT2D eigenvalue weighted by atomic mass is 9.86. The fraction of sp³-hybridized carbons (Fsp3) is 0.381. The van der Waals surface area contributed by atoms with E-state index in [1.165, 1.54) is 11.1 Å². The molecule has 0 N–H and O–H groups in total. The highest BCUT2D eigenvalue weighted by atomic mass is 32.2. The highest BCUT2D eigenvalue weighted by Crippen LogP contribution is 2.39. The molecule has 0 spiro atoms. The lowest BCUT2D eigenvalue weighted by Crippen LogP contribution is -2.30. The zero-order valence-corrected chi connectivity index (χ0v) is 16.1. The van der Waals surface area contributed by atoms with Gasteiger partial charge in [0.15, 0.2) is 0 Å². The van der Waals surface area contributed by atoms with Crippen molar-refractivity contribution in [3.05, 3.63) is 65.2 Å². The Morgan fingerprint density at radius 3 is 2.52 bits per heavy atom. The van der Waals surface area contributed by atoms with Crippen molar-refractivity contribution < 1.29 is 9.53 Å². The van der Waals surface area contributed by atoms with Crippen LogP contribution in [-0.2, 0) is 5.41 Å². The number of benzene rings is 2. The van der Waals surface area contributed by atoms with Gasteiger partial charge in [0.25, 0.3) is 5.91 Å². The minimum Gasteiger partial charge on any atom is -0.497 e. The summed E-state index contributed by atoms with van der Waals surface area (Å²) in [6, 6.07) is 16.1. The minimum atomic E-state index is 0.0637. The lowest BCUT2D eigenvalue weighted by molar-refractivity contribution is 0.0760. The SMILES string of the molecule is COc1cccc(C(=O)N2CCSC2c2ccc(C(C)(C)C)cc2)c1. The molecular weight excluding hydrogens is 330 g/mol. The molecule has 1 saturated heterocycles. The molecule has 3 nitrogen and oxygen atoms in total. The highest BCUT2D eigenvalue weighted by Gasteiger charge is 2.31. The van der Waals surface area contributed by atoms with Gasteiger partial charge in [-0.2, -0.15) is 0 Å². The third-order valence-electron chi connectivity index (χ3n) is 4.53. The molecule has 1 amide bonds. The van der Waals surface area contributed by atoms with Crippen molar-refractivity contribution in [2.24, 2.45) is 0 Å². The first-order valence-corrected chi connectivity index (χ1v) is 9.62. The van der Waals surface area contributed by atoms with Crippen molar-refractivity contribution in [3.8, 4) is 5.75 Å². The van der Waals surface area contributed by atoms with E-state index in [0.717, 1.165) is 12.3 Å². The topological polar surface area (TPSA) is 29.5 Å². The molecule has 3 rings (SSSR count). The van der Waals surface area contributed by atoms with Crippen LogP contribution in [0.4, 0.5) is 0 Å². The van der Waals surface area contributed by atoms with Crippen molar-refractivity contribution >= 4 is 17.7 Å². The predicted molar refractivity (Wildman–Crippen MR) is 104 cm³/mol. The van der Waals surface area contributed by atoms with Crippen LogP contribution in [0.5, 0.6) is 5.75 Å². The molecule has 25 heavy (non-hydrogen) atoms. The summed E-state index contributed by atoms with van der Waals surface area (Å²) in [5.74, 6) is 1.74. The number of thioether (sulfide) groups is 1. The Hall–Kier alpha value is -1.94. The van der Waals surface area contributed by atoms with Crippen molar-refractivity contribution in [2.75, 3.05) is 19.4 Å². The summed E-state index contributed by atoms with van der Waals surface area (Å²) in [5.41, 5.74) is 3.31. The molecule has 1 atom stereocenters. The second-order valence-corrected chi connectivity index (χ2v) is 8.51. The zero-order valence-electron chi connectivity index (χ0n) is 15.3. The van der Waals surface area contributed by atoms with Gasteiger partial charge < -0.3 is 9.64 Å². The van der Waals surface area contributed by atoms with Crippen molar-refractivity contribution in [3.63, 3.8) is 0 Å². The molecular formula is C21H25NO2S. The van der Waals surface area contributed by atoms with E-state index in [1.807, 2.05) is 40.9 Å². The average molecular weight is 356 g/mol. The third kappa shape index (κ3) is 3.84. The number of rotatable bonds is 3. The van der Waals surface area contributed by atoms with E-state index in [-0.39, 0.29) is 16.7 Å². The summed E-state index contributed by atoms with van der Waals surface area (Å²) in [5, 5.41) is 0.0766. The standard InChI is InChI=1S/C21H25NO2S/c1-21(2,3)17-10-8-15(9-11-17)20-22(12-13-25-20)19(23)16-6-5-7-18(14-16)24-4/h5-11,14,20H,12-13H2,1-4H3. The maximum absolute atomic E-state index is 13.0. The van der Waals surface area contributed by atoms with Gasteiger partial charge in [0.1, 0.15) is 11.1 Å². The monoisotopic (exact) mass is 355 g/mol. The fourth-order valence-corrected chi connectivity index (χ4v) is 4.28. The summed E-state index contributed by atoms with van der Waals surface area (Å²) in [4.78, 5) is 14.9. The van der Waals surface area contributed by atoms with E-state index in [4.69, 9.17) is 4.74 Å². The van der Waals surface area contributed by atoms with Gasteiger partial charge in [-0.1, -0.05) is 51.1 Å². The van der Waals surface area contributed by atoms with Crippen LogP contribution < -0.4 is 4.74 Å². The summed E-state index contributed by atoms with van der Waals surface area (Å²) < 4.78 is 5.25. The molecule has 1 heterocycles. The third-order valence-corrected chi connectivity index (χ3v) is 5.79. The van der Waals surface area contributed by atoms with E-state index >= 15 is 0 Å². The predicted octanol–water partition coefficient (Wildman–Crippen LogP) is 4.88. The number of methoxy groups -OCH3 is 1. The number of ether oxygens (including phenoxy) is 1. The van der Waals surface area contributed by atoms with Gasteiger partial charge in [-0.15, -0.1) is 11.8 Å². The fourth-order valence-electron chi connectivity index (χ4n) is 3.02. The Morgan fingerprint density at radius 2 is 1.88 bits per heavy atom. The molecule has 0 aliphatic carbocycles. The molecule has 1 aliphatic heterocycles.